The quantitative estimate of drug-likeness (QED) is 0.291. The SMILES string of the molecule is CC(C)c1nc(-c2cc3c(C(C)C)ncnn3c2)nc2[nH]c(-c3cnc4[nH]ccc4c3C(C)C)cc12. The molecule has 6 heterocycles. The van der Waals surface area contributed by atoms with Gasteiger partial charge in [0.1, 0.15) is 17.6 Å². The number of fused-ring (bicyclic) bond motifs is 3. The molecule has 8 nitrogen and oxygen atoms in total. The van der Waals surface area contributed by atoms with Gasteiger partial charge in [-0.3, -0.25) is 0 Å². The number of nitrogens with zero attached hydrogens (tertiary/aromatic N) is 6. The fourth-order valence-corrected chi connectivity index (χ4v) is 5.13. The maximum absolute atomic E-state index is 5.03. The first-order chi connectivity index (χ1) is 17.3. The van der Waals surface area contributed by atoms with Crippen LogP contribution in [0.3, 0.4) is 0 Å². The van der Waals surface area contributed by atoms with Gasteiger partial charge in [0.25, 0.3) is 0 Å². The van der Waals surface area contributed by atoms with Crippen molar-refractivity contribution in [2.24, 2.45) is 0 Å². The Hall–Kier alpha value is -4.07. The number of nitrogens with one attached hydrogen (secondary N) is 2. The summed E-state index contributed by atoms with van der Waals surface area (Å²) in [4.78, 5) is 26.0. The highest BCUT2D eigenvalue weighted by Gasteiger charge is 2.20. The van der Waals surface area contributed by atoms with Crippen molar-refractivity contribution in [1.82, 2.24) is 39.5 Å². The van der Waals surface area contributed by atoms with Crippen molar-refractivity contribution in [3.63, 3.8) is 0 Å². The first-order valence-corrected chi connectivity index (χ1v) is 12.5. The number of hydrogen-bond acceptors (Lipinski definition) is 5. The van der Waals surface area contributed by atoms with Crippen LogP contribution in [0.4, 0.5) is 0 Å². The minimum atomic E-state index is 0.232. The average molecular weight is 479 g/mol. The third-order valence-electron chi connectivity index (χ3n) is 6.80. The monoisotopic (exact) mass is 478 g/mol. The Morgan fingerprint density at radius 1 is 0.833 bits per heavy atom. The van der Waals surface area contributed by atoms with E-state index in [9.17, 15) is 0 Å². The number of hydrogen-bond donors (Lipinski definition) is 2. The number of H-pyrrole nitrogens is 2. The van der Waals surface area contributed by atoms with Gasteiger partial charge in [-0.2, -0.15) is 5.10 Å². The molecule has 0 radical (unpaired) electrons. The molecule has 36 heavy (non-hydrogen) atoms. The number of pyridine rings is 1. The third kappa shape index (κ3) is 3.47. The van der Waals surface area contributed by atoms with E-state index in [1.165, 1.54) is 5.56 Å². The molecule has 8 heteroatoms. The molecule has 0 bridgehead atoms. The predicted octanol–water partition coefficient (Wildman–Crippen LogP) is 6.58. The molecule has 0 saturated carbocycles. The van der Waals surface area contributed by atoms with Gasteiger partial charge in [-0.25, -0.2) is 24.5 Å². The molecule has 0 aliphatic heterocycles. The van der Waals surface area contributed by atoms with Crippen LogP contribution in [0.2, 0.25) is 0 Å². The first-order valence-electron chi connectivity index (χ1n) is 12.5. The van der Waals surface area contributed by atoms with Crippen molar-refractivity contribution in [3.8, 4) is 22.6 Å². The van der Waals surface area contributed by atoms with Crippen molar-refractivity contribution in [1.29, 1.82) is 0 Å². The summed E-state index contributed by atoms with van der Waals surface area (Å²) in [6, 6.07) is 6.37. The van der Waals surface area contributed by atoms with Crippen molar-refractivity contribution in [2.75, 3.05) is 0 Å². The minimum absolute atomic E-state index is 0.232. The molecule has 0 amide bonds. The molecule has 0 saturated heterocycles. The van der Waals surface area contributed by atoms with E-state index in [1.54, 1.807) is 6.33 Å². The van der Waals surface area contributed by atoms with Crippen molar-refractivity contribution in [3.05, 3.63) is 60.1 Å². The van der Waals surface area contributed by atoms with Gasteiger partial charge in [0.15, 0.2) is 5.82 Å². The van der Waals surface area contributed by atoms with Crippen LogP contribution in [-0.4, -0.2) is 39.5 Å². The Kier molecular flexibility index (Phi) is 5.14. The molecule has 6 aromatic heterocycles. The zero-order valence-electron chi connectivity index (χ0n) is 21.5. The lowest BCUT2D eigenvalue weighted by Gasteiger charge is -2.12. The highest BCUT2D eigenvalue weighted by molar-refractivity contribution is 5.91. The summed E-state index contributed by atoms with van der Waals surface area (Å²) >= 11 is 0. The number of aromatic amines is 2. The molecule has 182 valence electrons. The molecule has 6 rings (SSSR count). The zero-order chi connectivity index (χ0) is 25.1. The minimum Gasteiger partial charge on any atom is -0.346 e. The lowest BCUT2D eigenvalue weighted by Crippen LogP contribution is -1.99. The Balaban J connectivity index is 1.55. The summed E-state index contributed by atoms with van der Waals surface area (Å²) in [6.45, 7) is 13.1. The van der Waals surface area contributed by atoms with Gasteiger partial charge in [0, 0.05) is 46.2 Å². The van der Waals surface area contributed by atoms with Crippen LogP contribution in [0.1, 0.15) is 76.2 Å². The van der Waals surface area contributed by atoms with Crippen molar-refractivity contribution >= 4 is 27.6 Å². The van der Waals surface area contributed by atoms with E-state index in [0.29, 0.717) is 17.7 Å². The molecular weight excluding hydrogens is 448 g/mol. The van der Waals surface area contributed by atoms with Gasteiger partial charge < -0.3 is 9.97 Å². The van der Waals surface area contributed by atoms with Gasteiger partial charge in [0.05, 0.1) is 16.9 Å². The van der Waals surface area contributed by atoms with Crippen LogP contribution in [0.5, 0.6) is 0 Å². The van der Waals surface area contributed by atoms with E-state index in [0.717, 1.165) is 55.8 Å². The lowest BCUT2D eigenvalue weighted by molar-refractivity contribution is 0.786. The maximum Gasteiger partial charge on any atom is 0.163 e. The second-order valence-electron chi connectivity index (χ2n) is 10.4. The summed E-state index contributed by atoms with van der Waals surface area (Å²) in [5, 5.41) is 6.61. The Bertz CT molecular complexity index is 1730. The lowest BCUT2D eigenvalue weighted by atomic mass is 9.94. The van der Waals surface area contributed by atoms with Crippen LogP contribution in [0.25, 0.3) is 50.2 Å². The van der Waals surface area contributed by atoms with Gasteiger partial charge in [-0.05, 0) is 41.5 Å². The fraction of sp³-hybridized carbons (Fsp3) is 0.321. The molecule has 0 aliphatic rings. The summed E-state index contributed by atoms with van der Waals surface area (Å²) in [6.07, 6.45) is 7.49. The largest absolute Gasteiger partial charge is 0.346 e. The molecule has 6 aromatic rings. The Labute approximate surface area is 209 Å². The molecule has 0 aromatic carbocycles. The second kappa shape index (κ2) is 8.26. The molecule has 0 fully saturated rings. The topological polar surface area (TPSA) is 100 Å². The summed E-state index contributed by atoms with van der Waals surface area (Å²) in [7, 11) is 0. The van der Waals surface area contributed by atoms with Gasteiger partial charge in [-0.1, -0.05) is 41.5 Å². The smallest absolute Gasteiger partial charge is 0.163 e. The molecule has 2 N–H and O–H groups in total. The van der Waals surface area contributed by atoms with Gasteiger partial charge in [-0.15, -0.1) is 0 Å². The van der Waals surface area contributed by atoms with E-state index in [-0.39, 0.29) is 5.92 Å². The predicted molar refractivity (Wildman–Crippen MR) is 143 cm³/mol. The molecule has 0 unspecified atom stereocenters. The fourth-order valence-electron chi connectivity index (χ4n) is 5.13. The first kappa shape index (κ1) is 22.4. The standard InChI is InChI=1S/C28H30N8/c1-14(2)23-18-7-8-29-27(18)30-11-20(23)21-10-19-24(15(3)4)34-26(35-28(19)33-21)17-9-22-25(16(5)6)31-13-32-36(22)12-17/h7-16H,1-6H3,(H,29,30)(H,33,34,35). The van der Waals surface area contributed by atoms with Crippen molar-refractivity contribution < 1.29 is 0 Å². The summed E-state index contributed by atoms with van der Waals surface area (Å²) in [5.74, 6) is 1.54. The third-order valence-corrected chi connectivity index (χ3v) is 6.80. The van der Waals surface area contributed by atoms with E-state index < -0.39 is 0 Å². The molecule has 0 atom stereocenters. The van der Waals surface area contributed by atoms with Gasteiger partial charge >= 0.3 is 0 Å². The van der Waals surface area contributed by atoms with E-state index >= 15 is 0 Å². The van der Waals surface area contributed by atoms with Gasteiger partial charge in [0.2, 0.25) is 0 Å². The average Bonchev–Trinajstić information content (AvgIpc) is 3.59. The van der Waals surface area contributed by atoms with E-state index in [4.69, 9.17) is 9.97 Å². The Morgan fingerprint density at radius 3 is 2.39 bits per heavy atom. The van der Waals surface area contributed by atoms with Crippen LogP contribution in [-0.2, 0) is 0 Å². The van der Waals surface area contributed by atoms with Crippen LogP contribution in [0, 0.1) is 0 Å². The second-order valence-corrected chi connectivity index (χ2v) is 10.4. The highest BCUT2D eigenvalue weighted by atomic mass is 15.2. The van der Waals surface area contributed by atoms with E-state index in [2.05, 4.69) is 84.8 Å². The summed E-state index contributed by atoms with van der Waals surface area (Å²) < 4.78 is 1.87. The number of aromatic nitrogens is 8. The molecule has 0 spiro atoms. The molecular formula is C28H30N8. The van der Waals surface area contributed by atoms with Crippen molar-refractivity contribution in [2.45, 2.75) is 59.3 Å². The molecule has 0 aliphatic carbocycles. The highest BCUT2D eigenvalue weighted by Crippen LogP contribution is 2.36. The van der Waals surface area contributed by atoms with Crippen LogP contribution in [0.15, 0.2) is 43.1 Å². The Morgan fingerprint density at radius 2 is 1.64 bits per heavy atom. The maximum atomic E-state index is 5.03. The summed E-state index contributed by atoms with van der Waals surface area (Å²) in [5.41, 5.74) is 9.05. The van der Waals surface area contributed by atoms with Crippen LogP contribution >= 0.6 is 0 Å². The van der Waals surface area contributed by atoms with E-state index in [1.807, 2.05) is 23.1 Å². The normalized spacial score (nSPS) is 12.4. The number of rotatable bonds is 5. The van der Waals surface area contributed by atoms with Crippen LogP contribution < -0.4 is 0 Å². The zero-order valence-corrected chi connectivity index (χ0v) is 21.5.